The van der Waals surface area contributed by atoms with Crippen molar-refractivity contribution in [1.82, 2.24) is 5.32 Å². The van der Waals surface area contributed by atoms with Crippen LogP contribution in [0.5, 0.6) is 5.75 Å². The molecular formula is C15H26N2O. The van der Waals surface area contributed by atoms with Crippen molar-refractivity contribution in [2.75, 3.05) is 39.2 Å². The smallest absolute Gasteiger partial charge is 0.122 e. The molecule has 0 radical (unpaired) electrons. The molecule has 1 aromatic rings. The number of benzene rings is 1. The topological polar surface area (TPSA) is 24.5 Å². The lowest BCUT2D eigenvalue weighted by Gasteiger charge is -2.25. The molecule has 0 bridgehead atoms. The second-order valence-electron chi connectivity index (χ2n) is 4.87. The lowest BCUT2D eigenvalue weighted by atomic mass is 10.0. The Hall–Kier alpha value is -1.22. The van der Waals surface area contributed by atoms with Gasteiger partial charge in [-0.05, 0) is 63.5 Å². The largest absolute Gasteiger partial charge is 0.496 e. The van der Waals surface area contributed by atoms with E-state index in [1.54, 1.807) is 7.11 Å². The molecule has 0 heterocycles. The summed E-state index contributed by atoms with van der Waals surface area (Å²) < 4.78 is 5.41. The molecule has 18 heavy (non-hydrogen) atoms. The summed E-state index contributed by atoms with van der Waals surface area (Å²) in [5.74, 6) is 0.984. The number of methoxy groups -OCH3 is 1. The van der Waals surface area contributed by atoms with Crippen LogP contribution >= 0.6 is 0 Å². The maximum Gasteiger partial charge on any atom is 0.122 e. The molecule has 0 amide bonds. The van der Waals surface area contributed by atoms with E-state index >= 15 is 0 Å². The summed E-state index contributed by atoms with van der Waals surface area (Å²) in [5.41, 5.74) is 5.17. The summed E-state index contributed by atoms with van der Waals surface area (Å²) in [4.78, 5) is 2.34. The first-order valence-corrected chi connectivity index (χ1v) is 6.53. The molecule has 0 atom stereocenters. The third-order valence-electron chi connectivity index (χ3n) is 3.53. The van der Waals surface area contributed by atoms with E-state index in [1.807, 2.05) is 7.05 Å². The van der Waals surface area contributed by atoms with Crippen molar-refractivity contribution in [2.45, 2.75) is 27.2 Å². The third-order valence-corrected chi connectivity index (χ3v) is 3.53. The standard InChI is InChI=1S/C15H26N2O/c1-11-10-14(18-6)12(2)13(3)15(11)17(5)9-7-8-16-4/h10,16H,7-9H2,1-6H3. The van der Waals surface area contributed by atoms with Crippen molar-refractivity contribution >= 4 is 5.69 Å². The van der Waals surface area contributed by atoms with Gasteiger partial charge in [0.25, 0.3) is 0 Å². The lowest BCUT2D eigenvalue weighted by molar-refractivity contribution is 0.411. The SMILES string of the molecule is CNCCCN(C)c1c(C)cc(OC)c(C)c1C. The third kappa shape index (κ3) is 3.16. The molecular weight excluding hydrogens is 224 g/mol. The van der Waals surface area contributed by atoms with Gasteiger partial charge < -0.3 is 15.0 Å². The quantitative estimate of drug-likeness (QED) is 0.786. The van der Waals surface area contributed by atoms with E-state index in [4.69, 9.17) is 4.74 Å². The number of anilines is 1. The first kappa shape index (κ1) is 14.8. The number of nitrogens with zero attached hydrogens (tertiary/aromatic N) is 1. The van der Waals surface area contributed by atoms with E-state index in [2.05, 4.69) is 44.1 Å². The number of ether oxygens (including phenoxy) is 1. The zero-order valence-corrected chi connectivity index (χ0v) is 12.6. The molecule has 102 valence electrons. The predicted molar refractivity (Wildman–Crippen MR) is 79.0 cm³/mol. The summed E-state index contributed by atoms with van der Waals surface area (Å²) in [6.07, 6.45) is 1.15. The van der Waals surface area contributed by atoms with Crippen LogP contribution in [0.1, 0.15) is 23.1 Å². The highest BCUT2D eigenvalue weighted by molar-refractivity contribution is 5.64. The minimum Gasteiger partial charge on any atom is -0.496 e. The van der Waals surface area contributed by atoms with E-state index in [-0.39, 0.29) is 0 Å². The second-order valence-corrected chi connectivity index (χ2v) is 4.87. The van der Waals surface area contributed by atoms with E-state index in [0.717, 1.165) is 25.3 Å². The second kappa shape index (κ2) is 6.64. The molecule has 3 heteroatoms. The van der Waals surface area contributed by atoms with Crippen molar-refractivity contribution in [2.24, 2.45) is 0 Å². The van der Waals surface area contributed by atoms with Gasteiger partial charge in [0.05, 0.1) is 7.11 Å². The van der Waals surface area contributed by atoms with Crippen LogP contribution in [-0.2, 0) is 0 Å². The zero-order valence-electron chi connectivity index (χ0n) is 12.6. The fourth-order valence-corrected chi connectivity index (χ4v) is 2.44. The van der Waals surface area contributed by atoms with Gasteiger partial charge in [-0.25, -0.2) is 0 Å². The summed E-state index contributed by atoms with van der Waals surface area (Å²) in [6, 6.07) is 2.13. The van der Waals surface area contributed by atoms with Crippen LogP contribution < -0.4 is 15.0 Å². The summed E-state index contributed by atoms with van der Waals surface area (Å²) in [6.45, 7) is 8.57. The molecule has 0 spiro atoms. The molecule has 3 nitrogen and oxygen atoms in total. The van der Waals surface area contributed by atoms with Crippen LogP contribution in [0.25, 0.3) is 0 Å². The maximum atomic E-state index is 5.41. The molecule has 1 aromatic carbocycles. The van der Waals surface area contributed by atoms with Crippen molar-refractivity contribution in [3.63, 3.8) is 0 Å². The van der Waals surface area contributed by atoms with E-state index in [9.17, 15) is 0 Å². The Morgan fingerprint density at radius 3 is 2.44 bits per heavy atom. The van der Waals surface area contributed by atoms with Gasteiger partial charge in [0.1, 0.15) is 5.75 Å². The highest BCUT2D eigenvalue weighted by Gasteiger charge is 2.13. The minimum absolute atomic E-state index is 0.984. The van der Waals surface area contributed by atoms with E-state index in [1.165, 1.54) is 22.4 Å². The molecule has 0 saturated carbocycles. The zero-order chi connectivity index (χ0) is 13.7. The van der Waals surface area contributed by atoms with Gasteiger partial charge in [0.15, 0.2) is 0 Å². The van der Waals surface area contributed by atoms with Crippen LogP contribution in [0.2, 0.25) is 0 Å². The molecule has 0 unspecified atom stereocenters. The predicted octanol–water partition coefficient (Wildman–Crippen LogP) is 2.67. The molecule has 1 rings (SSSR count). The van der Waals surface area contributed by atoms with Gasteiger partial charge in [0, 0.05) is 19.3 Å². The molecule has 0 aliphatic carbocycles. The van der Waals surface area contributed by atoms with Gasteiger partial charge in [0.2, 0.25) is 0 Å². The number of hydrogen-bond donors (Lipinski definition) is 1. The number of aryl methyl sites for hydroxylation is 1. The van der Waals surface area contributed by atoms with Crippen LogP contribution in [0.4, 0.5) is 5.69 Å². The van der Waals surface area contributed by atoms with Crippen molar-refractivity contribution < 1.29 is 4.74 Å². The van der Waals surface area contributed by atoms with E-state index in [0.29, 0.717) is 0 Å². The average molecular weight is 250 g/mol. The molecule has 0 saturated heterocycles. The number of nitrogens with one attached hydrogen (secondary N) is 1. The van der Waals surface area contributed by atoms with Gasteiger partial charge in [-0.2, -0.15) is 0 Å². The number of hydrogen-bond acceptors (Lipinski definition) is 3. The first-order chi connectivity index (χ1) is 8.52. The molecule has 1 N–H and O–H groups in total. The Labute approximate surface area is 111 Å². The highest BCUT2D eigenvalue weighted by Crippen LogP contribution is 2.33. The van der Waals surface area contributed by atoms with Crippen molar-refractivity contribution in [3.8, 4) is 5.75 Å². The maximum absolute atomic E-state index is 5.41. The van der Waals surface area contributed by atoms with Crippen LogP contribution in [0.15, 0.2) is 6.07 Å². The summed E-state index contributed by atoms with van der Waals surface area (Å²) >= 11 is 0. The fourth-order valence-electron chi connectivity index (χ4n) is 2.44. The van der Waals surface area contributed by atoms with Crippen LogP contribution in [0.3, 0.4) is 0 Å². The summed E-state index contributed by atoms with van der Waals surface area (Å²) in [7, 11) is 5.89. The van der Waals surface area contributed by atoms with Crippen molar-refractivity contribution in [3.05, 3.63) is 22.8 Å². The first-order valence-electron chi connectivity index (χ1n) is 6.53. The Kier molecular flexibility index (Phi) is 5.48. The Balaban J connectivity index is 2.98. The average Bonchev–Trinajstić information content (AvgIpc) is 2.34. The van der Waals surface area contributed by atoms with Crippen molar-refractivity contribution in [1.29, 1.82) is 0 Å². The number of rotatable bonds is 6. The molecule has 0 aliphatic heterocycles. The van der Waals surface area contributed by atoms with Gasteiger partial charge in [-0.15, -0.1) is 0 Å². The van der Waals surface area contributed by atoms with Crippen LogP contribution in [0, 0.1) is 20.8 Å². The Bertz CT molecular complexity index is 402. The lowest BCUT2D eigenvalue weighted by Crippen LogP contribution is -2.24. The van der Waals surface area contributed by atoms with Gasteiger partial charge >= 0.3 is 0 Å². The monoisotopic (exact) mass is 250 g/mol. The van der Waals surface area contributed by atoms with Gasteiger partial charge in [-0.3, -0.25) is 0 Å². The molecule has 0 fully saturated rings. The summed E-state index contributed by atoms with van der Waals surface area (Å²) in [5, 5.41) is 3.19. The van der Waals surface area contributed by atoms with E-state index < -0.39 is 0 Å². The van der Waals surface area contributed by atoms with Crippen LogP contribution in [-0.4, -0.2) is 34.3 Å². The highest BCUT2D eigenvalue weighted by atomic mass is 16.5. The molecule has 0 aliphatic rings. The fraction of sp³-hybridized carbons (Fsp3) is 0.600. The minimum atomic E-state index is 0.984. The van der Waals surface area contributed by atoms with Gasteiger partial charge in [-0.1, -0.05) is 0 Å². The normalized spacial score (nSPS) is 10.6. The molecule has 0 aromatic heterocycles. The Morgan fingerprint density at radius 2 is 1.89 bits per heavy atom. The Morgan fingerprint density at radius 1 is 1.22 bits per heavy atom.